The van der Waals surface area contributed by atoms with Gasteiger partial charge in [-0.05, 0) is 49.9 Å². The summed E-state index contributed by atoms with van der Waals surface area (Å²) in [6.07, 6.45) is 10.8. The summed E-state index contributed by atoms with van der Waals surface area (Å²) in [5.74, 6) is 0.955. The molecule has 0 heterocycles. The third kappa shape index (κ3) is 1.90. The molecule has 0 saturated heterocycles. The second kappa shape index (κ2) is 3.61. The predicted molar refractivity (Wildman–Crippen MR) is 55.4 cm³/mol. The van der Waals surface area contributed by atoms with Gasteiger partial charge in [0.05, 0.1) is 0 Å². The average molecular weight is 180 g/mol. The van der Waals surface area contributed by atoms with Crippen molar-refractivity contribution in [2.45, 2.75) is 64.3 Å². The second-order valence-corrected chi connectivity index (χ2v) is 5.41. The Bertz CT molecular complexity index is 162. The number of hydrogen-bond donors (Lipinski definition) is 0. The van der Waals surface area contributed by atoms with Crippen LogP contribution < -0.4 is 5.73 Å². The zero-order valence-electron chi connectivity index (χ0n) is 8.81. The third-order valence-electron chi connectivity index (χ3n) is 4.46. The summed E-state index contributed by atoms with van der Waals surface area (Å²) in [5, 5.41) is 0. The van der Waals surface area contributed by atoms with E-state index in [9.17, 15) is 0 Å². The van der Waals surface area contributed by atoms with E-state index in [1.165, 1.54) is 51.4 Å². The van der Waals surface area contributed by atoms with Gasteiger partial charge >= 0.3 is 0 Å². The van der Waals surface area contributed by atoms with Gasteiger partial charge < -0.3 is 0 Å². The first-order valence-electron chi connectivity index (χ1n) is 5.92. The van der Waals surface area contributed by atoms with Crippen molar-refractivity contribution < 1.29 is 0 Å². The Labute approximate surface area is 82.1 Å². The molecular formula is C12H22N. The zero-order valence-corrected chi connectivity index (χ0v) is 8.81. The van der Waals surface area contributed by atoms with Crippen molar-refractivity contribution in [3.05, 3.63) is 0 Å². The SMILES string of the molecule is CC1([C@H]2CC[C@@H]([NH])CC2)CCCC1. The highest BCUT2D eigenvalue weighted by molar-refractivity contribution is 4.90. The minimum Gasteiger partial charge on any atom is -0.255 e. The van der Waals surface area contributed by atoms with E-state index in [1.807, 2.05) is 0 Å². The van der Waals surface area contributed by atoms with Crippen molar-refractivity contribution in [1.29, 1.82) is 0 Å². The molecule has 1 heteroatoms. The first-order valence-corrected chi connectivity index (χ1v) is 5.92. The van der Waals surface area contributed by atoms with Crippen LogP contribution in [-0.2, 0) is 0 Å². The molecule has 0 amide bonds. The van der Waals surface area contributed by atoms with Crippen LogP contribution in [0.3, 0.4) is 0 Å². The highest BCUT2D eigenvalue weighted by Crippen LogP contribution is 2.49. The van der Waals surface area contributed by atoms with Crippen LogP contribution in [0.1, 0.15) is 58.3 Å². The molecule has 2 rings (SSSR count). The van der Waals surface area contributed by atoms with Crippen molar-refractivity contribution in [1.82, 2.24) is 5.73 Å². The summed E-state index contributed by atoms with van der Waals surface area (Å²) < 4.78 is 0. The normalized spacial score (nSPS) is 39.2. The minimum absolute atomic E-state index is 0.265. The molecule has 0 aliphatic heterocycles. The molecule has 2 saturated carbocycles. The second-order valence-electron chi connectivity index (χ2n) is 5.41. The molecule has 13 heavy (non-hydrogen) atoms. The fourth-order valence-corrected chi connectivity index (χ4v) is 3.38. The van der Waals surface area contributed by atoms with Crippen LogP contribution in [0.5, 0.6) is 0 Å². The molecule has 0 aromatic heterocycles. The van der Waals surface area contributed by atoms with Gasteiger partial charge in [-0.1, -0.05) is 19.8 Å². The van der Waals surface area contributed by atoms with E-state index in [0.29, 0.717) is 5.41 Å². The van der Waals surface area contributed by atoms with Gasteiger partial charge in [0.15, 0.2) is 0 Å². The number of nitrogens with one attached hydrogen (secondary N) is 1. The van der Waals surface area contributed by atoms with Gasteiger partial charge in [0.1, 0.15) is 0 Å². The maximum Gasteiger partial charge on any atom is 0.0213 e. The minimum atomic E-state index is 0.265. The predicted octanol–water partition coefficient (Wildman–Crippen LogP) is 3.41. The van der Waals surface area contributed by atoms with Crippen LogP contribution in [0.15, 0.2) is 0 Å². The molecule has 2 aliphatic carbocycles. The molecular weight excluding hydrogens is 158 g/mol. The molecule has 0 spiro atoms. The van der Waals surface area contributed by atoms with Crippen molar-refractivity contribution in [2.75, 3.05) is 0 Å². The van der Waals surface area contributed by atoms with Gasteiger partial charge in [-0.15, -0.1) is 0 Å². The van der Waals surface area contributed by atoms with Crippen LogP contribution in [0.4, 0.5) is 0 Å². The van der Waals surface area contributed by atoms with E-state index in [4.69, 9.17) is 5.73 Å². The van der Waals surface area contributed by atoms with Crippen LogP contribution in [0.2, 0.25) is 0 Å². The standard InChI is InChI=1S/C12H22N/c1-12(8-2-3-9-12)10-4-6-11(13)7-5-10/h10-11,13H,2-9H2,1H3/t10-,11+. The van der Waals surface area contributed by atoms with Gasteiger partial charge in [0, 0.05) is 6.04 Å². The topological polar surface area (TPSA) is 23.8 Å². The smallest absolute Gasteiger partial charge is 0.0213 e. The Morgan fingerprint density at radius 1 is 1.00 bits per heavy atom. The maximum absolute atomic E-state index is 7.70. The molecule has 1 radical (unpaired) electrons. The molecule has 2 aliphatic rings. The fourth-order valence-electron chi connectivity index (χ4n) is 3.38. The van der Waals surface area contributed by atoms with Crippen LogP contribution in [0.25, 0.3) is 0 Å². The lowest BCUT2D eigenvalue weighted by molar-refractivity contribution is 0.135. The molecule has 2 fully saturated rings. The van der Waals surface area contributed by atoms with Crippen LogP contribution in [-0.4, -0.2) is 6.04 Å². The molecule has 1 N–H and O–H groups in total. The van der Waals surface area contributed by atoms with E-state index in [2.05, 4.69) is 6.92 Å². The van der Waals surface area contributed by atoms with Crippen molar-refractivity contribution >= 4 is 0 Å². The van der Waals surface area contributed by atoms with Gasteiger partial charge in [-0.25, -0.2) is 0 Å². The molecule has 0 unspecified atom stereocenters. The largest absolute Gasteiger partial charge is 0.255 e. The monoisotopic (exact) mass is 180 g/mol. The highest BCUT2D eigenvalue weighted by atomic mass is 14.6. The quantitative estimate of drug-likeness (QED) is 0.590. The summed E-state index contributed by atoms with van der Waals surface area (Å²) >= 11 is 0. The summed E-state index contributed by atoms with van der Waals surface area (Å²) in [6.45, 7) is 2.49. The van der Waals surface area contributed by atoms with Crippen LogP contribution in [0, 0.1) is 11.3 Å². The number of rotatable bonds is 1. The lowest BCUT2D eigenvalue weighted by Crippen LogP contribution is -2.30. The Morgan fingerprint density at radius 3 is 2.08 bits per heavy atom. The molecule has 0 atom stereocenters. The summed E-state index contributed by atoms with van der Waals surface area (Å²) in [6, 6.07) is 0.265. The van der Waals surface area contributed by atoms with Crippen molar-refractivity contribution in [3.8, 4) is 0 Å². The molecule has 0 bridgehead atoms. The first-order chi connectivity index (χ1) is 6.21. The summed E-state index contributed by atoms with van der Waals surface area (Å²) in [4.78, 5) is 0. The summed E-state index contributed by atoms with van der Waals surface area (Å²) in [7, 11) is 0. The van der Waals surface area contributed by atoms with E-state index >= 15 is 0 Å². The Balaban J connectivity index is 1.93. The summed E-state index contributed by atoms with van der Waals surface area (Å²) in [5.41, 5.74) is 8.36. The van der Waals surface area contributed by atoms with Gasteiger partial charge in [0.2, 0.25) is 0 Å². The lowest BCUT2D eigenvalue weighted by Gasteiger charge is -2.38. The Hall–Kier alpha value is -0.0400. The maximum atomic E-state index is 7.70. The van der Waals surface area contributed by atoms with Gasteiger partial charge in [0.25, 0.3) is 0 Å². The van der Waals surface area contributed by atoms with Gasteiger partial charge in [-0.2, -0.15) is 0 Å². The third-order valence-corrected chi connectivity index (χ3v) is 4.46. The average Bonchev–Trinajstić information content (AvgIpc) is 2.54. The molecule has 75 valence electrons. The highest BCUT2D eigenvalue weighted by Gasteiger charge is 2.38. The van der Waals surface area contributed by atoms with Gasteiger partial charge in [-0.3, -0.25) is 5.73 Å². The van der Waals surface area contributed by atoms with Crippen molar-refractivity contribution in [2.24, 2.45) is 11.3 Å². The lowest BCUT2D eigenvalue weighted by atomic mass is 9.68. The van der Waals surface area contributed by atoms with E-state index in [1.54, 1.807) is 0 Å². The zero-order chi connectivity index (χ0) is 9.31. The van der Waals surface area contributed by atoms with Crippen LogP contribution >= 0.6 is 0 Å². The fraction of sp³-hybridized carbons (Fsp3) is 1.00. The van der Waals surface area contributed by atoms with E-state index < -0.39 is 0 Å². The Morgan fingerprint density at radius 2 is 1.54 bits per heavy atom. The first kappa shape index (κ1) is 9.51. The van der Waals surface area contributed by atoms with Crippen molar-refractivity contribution in [3.63, 3.8) is 0 Å². The van der Waals surface area contributed by atoms with E-state index in [0.717, 1.165) is 5.92 Å². The molecule has 1 nitrogen and oxygen atoms in total. The molecule has 0 aromatic carbocycles. The molecule has 0 aromatic rings. The van der Waals surface area contributed by atoms with E-state index in [-0.39, 0.29) is 6.04 Å². The Kier molecular flexibility index (Phi) is 2.64. The number of hydrogen-bond acceptors (Lipinski definition) is 0.